The summed E-state index contributed by atoms with van der Waals surface area (Å²) < 4.78 is 20.9. The number of aromatic nitrogens is 3. The van der Waals surface area contributed by atoms with Crippen LogP contribution in [0.2, 0.25) is 5.02 Å². The molecule has 0 spiro atoms. The Bertz CT molecular complexity index is 1140. The third-order valence-electron chi connectivity index (χ3n) is 3.88. The van der Waals surface area contributed by atoms with Gasteiger partial charge in [0.05, 0.1) is 23.4 Å². The molecule has 0 bridgehead atoms. The molecule has 1 N–H and O–H groups in total. The van der Waals surface area contributed by atoms with E-state index in [1.807, 2.05) is 29.6 Å². The molecular formula is C18H12ClFN4O2S. The minimum absolute atomic E-state index is 0.0169. The molecule has 6 nitrogen and oxygen atoms in total. The van der Waals surface area contributed by atoms with Crippen LogP contribution in [0.3, 0.4) is 0 Å². The third-order valence-corrected chi connectivity index (χ3v) is 5.01. The fraction of sp³-hybridized carbons (Fsp3) is 0.0556. The Kier molecular flexibility index (Phi) is 4.51. The molecule has 0 fully saturated rings. The van der Waals surface area contributed by atoms with Crippen LogP contribution in [0.25, 0.3) is 16.2 Å². The maximum Gasteiger partial charge on any atom is 0.262 e. The molecule has 0 atom stereocenters. The summed E-state index contributed by atoms with van der Waals surface area (Å²) >= 11 is 7.29. The van der Waals surface area contributed by atoms with E-state index >= 15 is 0 Å². The molecule has 2 heterocycles. The molecule has 4 rings (SSSR count). The fourth-order valence-corrected chi connectivity index (χ4v) is 3.73. The van der Waals surface area contributed by atoms with Gasteiger partial charge in [0.2, 0.25) is 4.96 Å². The van der Waals surface area contributed by atoms with Crippen molar-refractivity contribution in [1.82, 2.24) is 14.6 Å². The number of carbonyl (C=O) groups excluding carboxylic acids is 1. The second kappa shape index (κ2) is 6.98. The molecule has 136 valence electrons. The van der Waals surface area contributed by atoms with Crippen molar-refractivity contribution >= 4 is 39.8 Å². The summed E-state index contributed by atoms with van der Waals surface area (Å²) in [6, 6.07) is 11.5. The van der Waals surface area contributed by atoms with Gasteiger partial charge in [0, 0.05) is 10.9 Å². The molecule has 0 saturated carbocycles. The first kappa shape index (κ1) is 17.4. The van der Waals surface area contributed by atoms with E-state index in [9.17, 15) is 9.18 Å². The first-order valence-corrected chi connectivity index (χ1v) is 9.07. The number of amides is 1. The van der Waals surface area contributed by atoms with Gasteiger partial charge in [-0.25, -0.2) is 8.91 Å². The summed E-state index contributed by atoms with van der Waals surface area (Å²) in [7, 11) is 1.59. The lowest BCUT2D eigenvalue weighted by molar-refractivity contribution is 0.102. The molecule has 4 aromatic rings. The number of halogens is 2. The van der Waals surface area contributed by atoms with E-state index < -0.39 is 11.7 Å². The van der Waals surface area contributed by atoms with Crippen molar-refractivity contribution in [3.63, 3.8) is 0 Å². The number of benzene rings is 2. The monoisotopic (exact) mass is 402 g/mol. The average molecular weight is 403 g/mol. The first-order valence-electron chi connectivity index (χ1n) is 7.81. The van der Waals surface area contributed by atoms with Crippen LogP contribution >= 0.6 is 22.9 Å². The Hall–Kier alpha value is -2.97. The molecule has 2 aromatic heterocycles. The first-order chi connectivity index (χ1) is 13.1. The molecule has 0 aliphatic carbocycles. The summed E-state index contributed by atoms with van der Waals surface area (Å²) in [5, 5.41) is 8.72. The molecule has 1 amide bonds. The van der Waals surface area contributed by atoms with Crippen LogP contribution < -0.4 is 10.1 Å². The second-order valence-corrected chi connectivity index (χ2v) is 6.75. The molecule has 0 aliphatic rings. The number of thiazole rings is 1. The molecule has 27 heavy (non-hydrogen) atoms. The van der Waals surface area contributed by atoms with Crippen molar-refractivity contribution in [3.8, 4) is 17.0 Å². The maximum atomic E-state index is 13.9. The van der Waals surface area contributed by atoms with Crippen LogP contribution in [-0.2, 0) is 0 Å². The minimum atomic E-state index is -0.713. The maximum absolute atomic E-state index is 13.9. The average Bonchev–Trinajstić information content (AvgIpc) is 3.21. The normalized spacial score (nSPS) is 10.9. The van der Waals surface area contributed by atoms with Crippen molar-refractivity contribution in [2.24, 2.45) is 0 Å². The third kappa shape index (κ3) is 3.13. The largest absolute Gasteiger partial charge is 0.496 e. The predicted octanol–water partition coefficient (Wildman–Crippen LogP) is 4.51. The van der Waals surface area contributed by atoms with Gasteiger partial charge < -0.3 is 4.74 Å². The number of methoxy groups -OCH3 is 1. The highest BCUT2D eigenvalue weighted by atomic mass is 35.5. The number of nitrogens with one attached hydrogen (secondary N) is 1. The molecule has 9 heteroatoms. The smallest absolute Gasteiger partial charge is 0.262 e. The lowest BCUT2D eigenvalue weighted by Crippen LogP contribution is -2.15. The van der Waals surface area contributed by atoms with Gasteiger partial charge in [-0.15, -0.1) is 16.4 Å². The SMILES string of the molecule is COc1ccccc1-c1csc2nc(NC(=O)c3c(F)cccc3Cl)nn12. The standard InChI is InChI=1S/C18H12ClFN4O2S/c1-26-14-8-3-2-5-10(14)13-9-27-18-22-17(23-24(13)18)21-16(25)15-11(19)6-4-7-12(15)20/h2-9H,1H3,(H,21,23,25). The predicted molar refractivity (Wildman–Crippen MR) is 102 cm³/mol. The van der Waals surface area contributed by atoms with E-state index in [1.54, 1.807) is 11.6 Å². The van der Waals surface area contributed by atoms with E-state index in [1.165, 1.54) is 29.5 Å². The lowest BCUT2D eigenvalue weighted by Gasteiger charge is -2.06. The van der Waals surface area contributed by atoms with E-state index in [4.69, 9.17) is 16.3 Å². The van der Waals surface area contributed by atoms with Gasteiger partial charge >= 0.3 is 0 Å². The molecular weight excluding hydrogens is 391 g/mol. The van der Waals surface area contributed by atoms with Crippen LogP contribution in [0, 0.1) is 5.82 Å². The Morgan fingerprint density at radius 2 is 2.07 bits per heavy atom. The lowest BCUT2D eigenvalue weighted by atomic mass is 10.1. The Morgan fingerprint density at radius 1 is 1.26 bits per heavy atom. The topological polar surface area (TPSA) is 68.5 Å². The van der Waals surface area contributed by atoms with E-state index in [2.05, 4.69) is 15.4 Å². The summed E-state index contributed by atoms with van der Waals surface area (Å²) in [5.41, 5.74) is 1.36. The number of anilines is 1. The summed E-state index contributed by atoms with van der Waals surface area (Å²) in [4.78, 5) is 17.2. The van der Waals surface area contributed by atoms with E-state index in [0.717, 1.165) is 11.3 Å². The fourth-order valence-electron chi connectivity index (χ4n) is 2.65. The molecule has 0 unspecified atom stereocenters. The van der Waals surface area contributed by atoms with Gasteiger partial charge in [0.1, 0.15) is 11.6 Å². The number of para-hydroxylation sites is 1. The second-order valence-electron chi connectivity index (χ2n) is 5.50. The quantitative estimate of drug-likeness (QED) is 0.545. The minimum Gasteiger partial charge on any atom is -0.496 e. The van der Waals surface area contributed by atoms with Crippen LogP contribution in [0.1, 0.15) is 10.4 Å². The molecule has 0 saturated heterocycles. The number of hydrogen-bond acceptors (Lipinski definition) is 5. The highest BCUT2D eigenvalue weighted by Crippen LogP contribution is 2.32. The summed E-state index contributed by atoms with van der Waals surface area (Å²) in [6.07, 6.45) is 0. The molecule has 0 radical (unpaired) electrons. The number of rotatable bonds is 4. The highest BCUT2D eigenvalue weighted by molar-refractivity contribution is 7.15. The van der Waals surface area contributed by atoms with Gasteiger partial charge in [-0.1, -0.05) is 29.8 Å². The van der Waals surface area contributed by atoms with Gasteiger partial charge in [-0.05, 0) is 24.3 Å². The van der Waals surface area contributed by atoms with Crippen molar-refractivity contribution in [1.29, 1.82) is 0 Å². The molecule has 2 aromatic carbocycles. The summed E-state index contributed by atoms with van der Waals surface area (Å²) in [6.45, 7) is 0. The van der Waals surface area contributed by atoms with Gasteiger partial charge in [0.15, 0.2) is 0 Å². The number of nitrogens with zero attached hydrogens (tertiary/aromatic N) is 3. The number of fused-ring (bicyclic) bond motifs is 1. The zero-order chi connectivity index (χ0) is 19.0. The van der Waals surface area contributed by atoms with Gasteiger partial charge in [0.25, 0.3) is 11.9 Å². The van der Waals surface area contributed by atoms with E-state index in [0.29, 0.717) is 10.7 Å². The Labute approximate surface area is 162 Å². The van der Waals surface area contributed by atoms with Crippen LogP contribution in [0.5, 0.6) is 5.75 Å². The van der Waals surface area contributed by atoms with Crippen molar-refractivity contribution in [3.05, 3.63) is 64.2 Å². The number of ether oxygens (including phenoxy) is 1. The van der Waals surface area contributed by atoms with Crippen LogP contribution in [-0.4, -0.2) is 27.6 Å². The summed E-state index contributed by atoms with van der Waals surface area (Å²) in [5.74, 6) is -0.676. The zero-order valence-electron chi connectivity index (χ0n) is 13.9. The van der Waals surface area contributed by atoms with Crippen LogP contribution in [0.15, 0.2) is 47.8 Å². The number of carbonyl (C=O) groups is 1. The highest BCUT2D eigenvalue weighted by Gasteiger charge is 2.19. The van der Waals surface area contributed by atoms with E-state index in [-0.39, 0.29) is 16.5 Å². The van der Waals surface area contributed by atoms with Crippen LogP contribution in [0.4, 0.5) is 10.3 Å². The Morgan fingerprint density at radius 3 is 2.85 bits per heavy atom. The van der Waals surface area contributed by atoms with Crippen molar-refractivity contribution in [2.45, 2.75) is 0 Å². The zero-order valence-corrected chi connectivity index (χ0v) is 15.5. The van der Waals surface area contributed by atoms with Crippen molar-refractivity contribution < 1.29 is 13.9 Å². The molecule has 0 aliphatic heterocycles. The Balaban J connectivity index is 1.69. The van der Waals surface area contributed by atoms with Gasteiger partial charge in [-0.2, -0.15) is 4.98 Å². The number of hydrogen-bond donors (Lipinski definition) is 1. The van der Waals surface area contributed by atoms with Crippen molar-refractivity contribution in [2.75, 3.05) is 12.4 Å². The van der Waals surface area contributed by atoms with Gasteiger partial charge in [-0.3, -0.25) is 10.1 Å².